The van der Waals surface area contributed by atoms with Crippen LogP contribution in [-0.4, -0.2) is 54.3 Å². The van der Waals surface area contributed by atoms with Gasteiger partial charge >= 0.3 is 5.97 Å². The normalized spacial score (nSPS) is 22.9. The number of methoxy groups -OCH3 is 1. The number of carbonyl (C=O) groups is 1. The molecular weight excluding hydrogens is 258 g/mol. The summed E-state index contributed by atoms with van der Waals surface area (Å²) in [5.41, 5.74) is 0.989. The fraction of sp³-hybridized carbons (Fsp3) is 0.615. The van der Waals surface area contributed by atoms with Crippen LogP contribution in [0.25, 0.3) is 0 Å². The maximum absolute atomic E-state index is 11.7. The molecule has 2 unspecified atom stereocenters. The number of carbonyl (C=O) groups excluding carboxylic acids is 1. The zero-order valence-corrected chi connectivity index (χ0v) is 12.1. The maximum Gasteiger partial charge on any atom is 0.310 e. The highest BCUT2D eigenvalue weighted by Gasteiger charge is 2.36. The molecule has 0 aliphatic carbocycles. The van der Waals surface area contributed by atoms with Gasteiger partial charge in [0.25, 0.3) is 0 Å². The number of guanidine groups is 1. The number of nitrogens with zero attached hydrogens (tertiary/aromatic N) is 3. The van der Waals surface area contributed by atoms with E-state index in [2.05, 4.69) is 32.3 Å². The maximum atomic E-state index is 11.7. The Morgan fingerprint density at radius 2 is 2.45 bits per heavy atom. The zero-order valence-electron chi connectivity index (χ0n) is 12.1. The third kappa shape index (κ3) is 3.09. The first kappa shape index (κ1) is 14.4. The van der Waals surface area contributed by atoms with E-state index in [0.717, 1.165) is 18.2 Å². The largest absolute Gasteiger partial charge is 0.469 e. The second-order valence-corrected chi connectivity index (χ2v) is 4.99. The summed E-state index contributed by atoms with van der Waals surface area (Å²) in [6.45, 7) is 4.11. The molecule has 0 amide bonds. The molecule has 2 N–H and O–H groups in total. The topological polar surface area (TPSA) is 82.6 Å². The van der Waals surface area contributed by atoms with Crippen molar-refractivity contribution in [2.45, 2.75) is 13.5 Å². The van der Waals surface area contributed by atoms with E-state index in [9.17, 15) is 4.79 Å². The Balaban J connectivity index is 1.94. The summed E-state index contributed by atoms with van der Waals surface area (Å²) < 4.78 is 4.85. The average Bonchev–Trinajstić information content (AvgIpc) is 3.08. The van der Waals surface area contributed by atoms with Crippen molar-refractivity contribution in [2.75, 3.05) is 27.2 Å². The van der Waals surface area contributed by atoms with E-state index in [0.29, 0.717) is 13.1 Å². The molecule has 7 nitrogen and oxygen atoms in total. The molecule has 0 aromatic carbocycles. The van der Waals surface area contributed by atoms with Crippen LogP contribution in [0.1, 0.15) is 12.6 Å². The second-order valence-electron chi connectivity index (χ2n) is 4.99. The van der Waals surface area contributed by atoms with Crippen LogP contribution in [0.5, 0.6) is 0 Å². The van der Waals surface area contributed by atoms with Gasteiger partial charge in [-0.05, 0) is 12.0 Å². The van der Waals surface area contributed by atoms with Gasteiger partial charge in [-0.3, -0.25) is 14.9 Å². The Labute approximate surface area is 118 Å². The molecule has 1 aliphatic rings. The molecule has 1 saturated heterocycles. The first-order valence-electron chi connectivity index (χ1n) is 6.67. The molecule has 0 saturated carbocycles. The minimum atomic E-state index is -0.149. The van der Waals surface area contributed by atoms with E-state index in [1.54, 1.807) is 13.2 Å². The molecule has 1 aromatic rings. The number of nitrogens with one attached hydrogen (secondary N) is 2. The highest BCUT2D eigenvalue weighted by atomic mass is 16.5. The van der Waals surface area contributed by atoms with Crippen molar-refractivity contribution in [3.8, 4) is 0 Å². The molecule has 20 heavy (non-hydrogen) atoms. The van der Waals surface area contributed by atoms with E-state index in [4.69, 9.17) is 4.74 Å². The van der Waals surface area contributed by atoms with Crippen LogP contribution in [0.3, 0.4) is 0 Å². The van der Waals surface area contributed by atoms with Gasteiger partial charge in [0.15, 0.2) is 5.96 Å². The number of likely N-dealkylation sites (tertiary alicyclic amines) is 1. The van der Waals surface area contributed by atoms with Crippen molar-refractivity contribution < 1.29 is 9.53 Å². The van der Waals surface area contributed by atoms with Crippen LogP contribution in [0.2, 0.25) is 0 Å². The molecule has 0 bridgehead atoms. The summed E-state index contributed by atoms with van der Waals surface area (Å²) in [4.78, 5) is 18.1. The number of ether oxygens (including phenoxy) is 1. The van der Waals surface area contributed by atoms with Crippen LogP contribution in [0.15, 0.2) is 17.3 Å². The minimum absolute atomic E-state index is 0.0919. The lowest BCUT2D eigenvalue weighted by Gasteiger charge is -2.21. The third-order valence-corrected chi connectivity index (χ3v) is 3.62. The fourth-order valence-corrected chi connectivity index (χ4v) is 2.49. The van der Waals surface area contributed by atoms with Gasteiger partial charge in [0.1, 0.15) is 0 Å². The second kappa shape index (κ2) is 6.40. The first-order valence-corrected chi connectivity index (χ1v) is 6.67. The molecule has 0 spiro atoms. The van der Waals surface area contributed by atoms with Crippen LogP contribution in [0.4, 0.5) is 0 Å². The van der Waals surface area contributed by atoms with Crippen LogP contribution < -0.4 is 5.32 Å². The molecule has 7 heteroatoms. The summed E-state index contributed by atoms with van der Waals surface area (Å²) in [7, 11) is 3.18. The van der Waals surface area contributed by atoms with Crippen molar-refractivity contribution >= 4 is 11.9 Å². The van der Waals surface area contributed by atoms with Gasteiger partial charge in [-0.15, -0.1) is 0 Å². The van der Waals surface area contributed by atoms with Gasteiger partial charge in [0, 0.05) is 26.3 Å². The third-order valence-electron chi connectivity index (χ3n) is 3.62. The molecule has 1 aliphatic heterocycles. The Kier molecular flexibility index (Phi) is 4.60. The molecule has 2 atom stereocenters. The summed E-state index contributed by atoms with van der Waals surface area (Å²) in [6, 6.07) is 1.91. The molecule has 110 valence electrons. The number of hydrogen-bond donors (Lipinski definition) is 2. The average molecular weight is 279 g/mol. The van der Waals surface area contributed by atoms with Crippen molar-refractivity contribution in [1.82, 2.24) is 20.4 Å². The lowest BCUT2D eigenvalue weighted by molar-refractivity contribution is -0.145. The van der Waals surface area contributed by atoms with Gasteiger partial charge in [-0.25, -0.2) is 0 Å². The van der Waals surface area contributed by atoms with Gasteiger partial charge in [-0.2, -0.15) is 5.10 Å². The Bertz CT molecular complexity index is 471. The first-order chi connectivity index (χ1) is 9.65. The summed E-state index contributed by atoms with van der Waals surface area (Å²) >= 11 is 0. The number of aliphatic imine (C=N–C) groups is 1. The number of aromatic nitrogens is 2. The van der Waals surface area contributed by atoms with Crippen molar-refractivity contribution in [2.24, 2.45) is 16.8 Å². The molecule has 2 rings (SSSR count). The number of hydrogen-bond acceptors (Lipinski definition) is 4. The zero-order chi connectivity index (χ0) is 14.5. The Hall–Kier alpha value is -2.05. The van der Waals surface area contributed by atoms with E-state index in [-0.39, 0.29) is 17.8 Å². The SMILES string of the molecule is CN=C(NCc1ccn[nH]1)N1CC(C)C(C(=O)OC)C1. The summed E-state index contributed by atoms with van der Waals surface area (Å²) in [5.74, 6) is 0.806. The van der Waals surface area contributed by atoms with Gasteiger partial charge < -0.3 is 15.0 Å². The monoisotopic (exact) mass is 279 g/mol. The summed E-state index contributed by atoms with van der Waals surface area (Å²) in [5, 5.41) is 10.1. The molecular formula is C13H21N5O2. The van der Waals surface area contributed by atoms with Crippen molar-refractivity contribution in [3.05, 3.63) is 18.0 Å². The smallest absolute Gasteiger partial charge is 0.310 e. The Morgan fingerprint density at radius 1 is 1.65 bits per heavy atom. The molecule has 0 radical (unpaired) electrons. The van der Waals surface area contributed by atoms with E-state index in [1.807, 2.05) is 6.07 Å². The standard InChI is InChI=1S/C13H21N5O2/c1-9-7-18(8-11(9)12(19)20-3)13(14-2)15-6-10-4-5-16-17-10/h4-5,9,11H,6-8H2,1-3H3,(H,14,15)(H,16,17). The quantitative estimate of drug-likeness (QED) is 0.470. The van der Waals surface area contributed by atoms with Crippen molar-refractivity contribution in [1.29, 1.82) is 0 Å². The van der Waals surface area contributed by atoms with Gasteiger partial charge in [0.05, 0.1) is 25.3 Å². The van der Waals surface area contributed by atoms with E-state index >= 15 is 0 Å². The highest BCUT2D eigenvalue weighted by molar-refractivity contribution is 5.82. The predicted molar refractivity (Wildman–Crippen MR) is 75.0 cm³/mol. The van der Waals surface area contributed by atoms with Crippen molar-refractivity contribution in [3.63, 3.8) is 0 Å². The van der Waals surface area contributed by atoms with Crippen LogP contribution in [-0.2, 0) is 16.1 Å². The van der Waals surface area contributed by atoms with Crippen LogP contribution >= 0.6 is 0 Å². The predicted octanol–water partition coefficient (Wildman–Crippen LogP) is 0.226. The lowest BCUT2D eigenvalue weighted by Crippen LogP contribution is -2.40. The Morgan fingerprint density at radius 3 is 3.05 bits per heavy atom. The van der Waals surface area contributed by atoms with Gasteiger partial charge in [0.2, 0.25) is 0 Å². The number of aromatic amines is 1. The molecule has 1 fully saturated rings. The lowest BCUT2D eigenvalue weighted by atomic mass is 9.99. The van der Waals surface area contributed by atoms with E-state index in [1.165, 1.54) is 7.11 Å². The van der Waals surface area contributed by atoms with Gasteiger partial charge in [-0.1, -0.05) is 6.92 Å². The molecule has 1 aromatic heterocycles. The highest BCUT2D eigenvalue weighted by Crippen LogP contribution is 2.24. The number of H-pyrrole nitrogens is 1. The van der Waals surface area contributed by atoms with E-state index < -0.39 is 0 Å². The number of rotatable bonds is 3. The minimum Gasteiger partial charge on any atom is -0.469 e. The van der Waals surface area contributed by atoms with Crippen LogP contribution in [0, 0.1) is 11.8 Å². The summed E-state index contributed by atoms with van der Waals surface area (Å²) in [6.07, 6.45) is 1.71. The molecule has 2 heterocycles. The number of esters is 1. The fourth-order valence-electron chi connectivity index (χ4n) is 2.49.